The van der Waals surface area contributed by atoms with Gasteiger partial charge in [-0.3, -0.25) is 4.79 Å². The zero-order valence-corrected chi connectivity index (χ0v) is 9.98. The van der Waals surface area contributed by atoms with Gasteiger partial charge >= 0.3 is 6.18 Å². The summed E-state index contributed by atoms with van der Waals surface area (Å²) in [6.07, 6.45) is -4.59. The van der Waals surface area contributed by atoms with Gasteiger partial charge in [0.25, 0.3) is 5.56 Å². The first-order valence-corrected chi connectivity index (χ1v) is 5.22. The predicted molar refractivity (Wildman–Crippen MR) is 57.6 cm³/mol. The number of aromatic nitrogens is 3. The van der Waals surface area contributed by atoms with E-state index in [1.165, 1.54) is 6.92 Å². The lowest BCUT2D eigenvalue weighted by molar-refractivity contribution is -0.141. The van der Waals surface area contributed by atoms with Gasteiger partial charge in [-0.2, -0.15) is 13.2 Å². The molecule has 0 fully saturated rings. The van der Waals surface area contributed by atoms with Crippen LogP contribution in [0.25, 0.3) is 11.0 Å². The fourth-order valence-corrected chi connectivity index (χ4v) is 1.89. The maximum Gasteiger partial charge on any atom is 0.434 e. The fourth-order valence-electron chi connectivity index (χ4n) is 1.35. The largest absolute Gasteiger partial charge is 0.434 e. The Hall–Kier alpha value is -1.44. The van der Waals surface area contributed by atoms with Crippen LogP contribution < -0.4 is 5.56 Å². The Labute approximate surface area is 101 Å². The van der Waals surface area contributed by atoms with Crippen molar-refractivity contribution in [3.05, 3.63) is 32.4 Å². The zero-order chi connectivity index (χ0) is 12.8. The van der Waals surface area contributed by atoms with E-state index in [1.54, 1.807) is 0 Å². The van der Waals surface area contributed by atoms with Gasteiger partial charge in [0.05, 0.1) is 5.39 Å². The summed E-state index contributed by atoms with van der Waals surface area (Å²) in [5.41, 5.74) is -1.83. The molecule has 2 rings (SSSR count). The number of hydrogen-bond donors (Lipinski definition) is 1. The third kappa shape index (κ3) is 2.17. The number of aromatic amines is 1. The number of fused-ring (bicyclic) bond motifs is 1. The molecule has 0 saturated heterocycles. The van der Waals surface area contributed by atoms with E-state index in [9.17, 15) is 18.0 Å². The van der Waals surface area contributed by atoms with Gasteiger partial charge in [-0.15, -0.1) is 0 Å². The highest BCUT2D eigenvalue weighted by atomic mass is 79.9. The van der Waals surface area contributed by atoms with E-state index in [1.807, 2.05) is 0 Å². The maximum atomic E-state index is 12.6. The number of halogens is 4. The van der Waals surface area contributed by atoms with E-state index in [-0.39, 0.29) is 21.3 Å². The Morgan fingerprint density at radius 3 is 2.59 bits per heavy atom. The predicted octanol–water partition coefficient (Wildman–Crippen LogP) is 2.41. The second-order valence-corrected chi connectivity index (χ2v) is 4.19. The highest BCUT2D eigenvalue weighted by molar-refractivity contribution is 9.10. The smallest absolute Gasteiger partial charge is 0.310 e. The summed E-state index contributed by atoms with van der Waals surface area (Å²) in [6.45, 7) is 1.47. The quantitative estimate of drug-likeness (QED) is 0.813. The minimum absolute atomic E-state index is 0.00970. The number of hydrogen-bond acceptors (Lipinski definition) is 3. The molecule has 2 aromatic rings. The lowest BCUT2D eigenvalue weighted by Gasteiger charge is -2.08. The van der Waals surface area contributed by atoms with Crippen molar-refractivity contribution in [1.82, 2.24) is 15.0 Å². The number of pyridine rings is 1. The molecule has 0 aliphatic rings. The van der Waals surface area contributed by atoms with Crippen molar-refractivity contribution >= 4 is 27.0 Å². The first-order valence-electron chi connectivity index (χ1n) is 4.43. The molecule has 0 amide bonds. The zero-order valence-electron chi connectivity index (χ0n) is 8.39. The third-order valence-corrected chi connectivity index (χ3v) is 2.64. The number of H-pyrrole nitrogens is 1. The average Bonchev–Trinajstić information content (AvgIpc) is 2.16. The molecule has 0 atom stereocenters. The molecule has 0 aliphatic carbocycles. The molecular weight excluding hydrogens is 303 g/mol. The molecule has 0 radical (unpaired) electrons. The Morgan fingerprint density at radius 1 is 1.35 bits per heavy atom. The van der Waals surface area contributed by atoms with Crippen molar-refractivity contribution in [3.8, 4) is 0 Å². The Kier molecular flexibility index (Phi) is 2.69. The number of nitrogens with zero attached hydrogens (tertiary/aromatic N) is 2. The second kappa shape index (κ2) is 3.80. The normalized spacial score (nSPS) is 12.1. The van der Waals surface area contributed by atoms with Gasteiger partial charge in [-0.1, -0.05) is 0 Å². The monoisotopic (exact) mass is 307 g/mol. The van der Waals surface area contributed by atoms with Crippen LogP contribution in [0.4, 0.5) is 13.2 Å². The van der Waals surface area contributed by atoms with Crippen LogP contribution in [0, 0.1) is 6.92 Å². The van der Waals surface area contributed by atoms with Crippen LogP contribution in [0.5, 0.6) is 0 Å². The summed E-state index contributed by atoms with van der Waals surface area (Å²) in [5.74, 6) is 0.213. The molecule has 2 heterocycles. The maximum absolute atomic E-state index is 12.6. The second-order valence-electron chi connectivity index (χ2n) is 3.34. The van der Waals surface area contributed by atoms with Gasteiger partial charge < -0.3 is 4.98 Å². The van der Waals surface area contributed by atoms with E-state index >= 15 is 0 Å². The molecule has 8 heteroatoms. The van der Waals surface area contributed by atoms with Gasteiger partial charge in [0, 0.05) is 4.47 Å². The Bertz CT molecular complexity index is 650. The van der Waals surface area contributed by atoms with E-state index in [0.717, 1.165) is 6.07 Å². The number of aryl methyl sites for hydroxylation is 1. The summed E-state index contributed by atoms with van der Waals surface area (Å²) >= 11 is 2.74. The number of rotatable bonds is 0. The molecule has 0 aromatic carbocycles. The van der Waals surface area contributed by atoms with Gasteiger partial charge in [0.1, 0.15) is 5.82 Å². The highest BCUT2D eigenvalue weighted by Gasteiger charge is 2.35. The van der Waals surface area contributed by atoms with Crippen LogP contribution in [0.15, 0.2) is 15.3 Å². The highest BCUT2D eigenvalue weighted by Crippen LogP contribution is 2.34. The molecule has 1 N–H and O–H groups in total. The van der Waals surface area contributed by atoms with Crippen LogP contribution in [0.3, 0.4) is 0 Å². The first-order chi connectivity index (χ1) is 7.79. The fraction of sp³-hybridized carbons (Fsp3) is 0.222. The number of alkyl halides is 3. The molecule has 0 saturated carbocycles. The van der Waals surface area contributed by atoms with Gasteiger partial charge in [0.15, 0.2) is 11.3 Å². The standard InChI is InChI=1S/C9H5BrF3N3O/c1-3-14-7-4(8(17)15-3)2-5(10)6(16-7)9(11,12)13/h2H,1H3,(H,14,15,16,17). The minimum atomic E-state index is -4.59. The topological polar surface area (TPSA) is 58.6 Å². The third-order valence-electron chi connectivity index (χ3n) is 2.04. The van der Waals surface area contributed by atoms with Gasteiger partial charge in [-0.05, 0) is 28.9 Å². The van der Waals surface area contributed by atoms with Crippen molar-refractivity contribution in [2.75, 3.05) is 0 Å². The molecule has 0 spiro atoms. The molecule has 2 aromatic heterocycles. The molecule has 0 aliphatic heterocycles. The van der Waals surface area contributed by atoms with Crippen molar-refractivity contribution in [2.45, 2.75) is 13.1 Å². The van der Waals surface area contributed by atoms with Crippen LogP contribution in [0.2, 0.25) is 0 Å². The van der Waals surface area contributed by atoms with E-state index in [4.69, 9.17) is 0 Å². The van der Waals surface area contributed by atoms with Crippen molar-refractivity contribution in [1.29, 1.82) is 0 Å². The SMILES string of the molecule is Cc1nc2nc(C(F)(F)F)c(Br)cc2c(=O)[nH]1. The van der Waals surface area contributed by atoms with Gasteiger partial charge in [-0.25, -0.2) is 9.97 Å². The van der Waals surface area contributed by atoms with E-state index in [2.05, 4.69) is 30.9 Å². The number of nitrogens with one attached hydrogen (secondary N) is 1. The summed E-state index contributed by atoms with van der Waals surface area (Å²) in [4.78, 5) is 21.0. The van der Waals surface area contributed by atoms with Crippen LogP contribution in [0.1, 0.15) is 11.5 Å². The summed E-state index contributed by atoms with van der Waals surface area (Å²) in [6, 6.07) is 1.07. The van der Waals surface area contributed by atoms with Crippen LogP contribution in [-0.2, 0) is 6.18 Å². The van der Waals surface area contributed by atoms with Gasteiger partial charge in [0.2, 0.25) is 0 Å². The minimum Gasteiger partial charge on any atom is -0.310 e. The average molecular weight is 308 g/mol. The molecule has 0 unspecified atom stereocenters. The molecule has 17 heavy (non-hydrogen) atoms. The summed E-state index contributed by atoms with van der Waals surface area (Å²) in [7, 11) is 0. The van der Waals surface area contributed by atoms with Crippen molar-refractivity contribution < 1.29 is 13.2 Å². The lowest BCUT2D eigenvalue weighted by atomic mass is 10.3. The van der Waals surface area contributed by atoms with E-state index in [0.29, 0.717) is 0 Å². The van der Waals surface area contributed by atoms with E-state index < -0.39 is 17.4 Å². The Morgan fingerprint density at radius 2 is 2.00 bits per heavy atom. The molecule has 0 bridgehead atoms. The van der Waals surface area contributed by atoms with Crippen LogP contribution in [-0.4, -0.2) is 15.0 Å². The van der Waals surface area contributed by atoms with Crippen LogP contribution >= 0.6 is 15.9 Å². The summed E-state index contributed by atoms with van der Waals surface area (Å²) < 4.78 is 37.4. The van der Waals surface area contributed by atoms with Crippen molar-refractivity contribution in [2.24, 2.45) is 0 Å². The first kappa shape index (κ1) is 12.0. The van der Waals surface area contributed by atoms with Crippen molar-refractivity contribution in [3.63, 3.8) is 0 Å². The summed E-state index contributed by atoms with van der Waals surface area (Å²) in [5, 5.41) is 0.00970. The molecular formula is C9H5BrF3N3O. The molecule has 90 valence electrons. The lowest BCUT2D eigenvalue weighted by Crippen LogP contribution is -2.15. The molecule has 4 nitrogen and oxygen atoms in total. The Balaban J connectivity index is 2.86.